The predicted molar refractivity (Wildman–Crippen MR) is 56.9 cm³/mol. The third-order valence-corrected chi connectivity index (χ3v) is 2.91. The van der Waals surface area contributed by atoms with Gasteiger partial charge in [0.25, 0.3) is 0 Å². The summed E-state index contributed by atoms with van der Waals surface area (Å²) in [5.41, 5.74) is 2.22. The lowest BCUT2D eigenvalue weighted by Gasteiger charge is -2.23. The van der Waals surface area contributed by atoms with E-state index in [1.54, 1.807) is 0 Å². The first-order valence-electron chi connectivity index (χ1n) is 5.17. The Bertz CT molecular complexity index is 318. The quantitative estimate of drug-likeness (QED) is 0.534. The maximum Gasteiger partial charge on any atom is 0.0645 e. The number of nitrogens with zero attached hydrogens (tertiary/aromatic N) is 1. The summed E-state index contributed by atoms with van der Waals surface area (Å²) < 4.78 is 0. The molecule has 1 aliphatic carbocycles. The molecule has 0 bridgehead atoms. The molecule has 1 aliphatic rings. The molecule has 0 aliphatic heterocycles. The van der Waals surface area contributed by atoms with Crippen LogP contribution in [0.25, 0.3) is 0 Å². The van der Waals surface area contributed by atoms with Crippen molar-refractivity contribution in [1.29, 1.82) is 0 Å². The van der Waals surface area contributed by atoms with E-state index in [0.29, 0.717) is 5.92 Å². The van der Waals surface area contributed by atoms with E-state index in [1.165, 1.54) is 12.0 Å². The van der Waals surface area contributed by atoms with Gasteiger partial charge in [-0.3, -0.25) is 0 Å². The first-order chi connectivity index (χ1) is 6.92. The first kappa shape index (κ1) is 9.25. The molecule has 74 valence electrons. The van der Waals surface area contributed by atoms with Crippen molar-refractivity contribution in [3.05, 3.63) is 35.9 Å². The third kappa shape index (κ3) is 1.79. The van der Waals surface area contributed by atoms with Gasteiger partial charge in [-0.05, 0) is 24.8 Å². The second-order valence-electron chi connectivity index (χ2n) is 3.80. The van der Waals surface area contributed by atoms with Crippen LogP contribution in [0.3, 0.4) is 0 Å². The fraction of sp³-hybridized carbons (Fsp3) is 0.417. The third-order valence-electron chi connectivity index (χ3n) is 2.91. The molecule has 0 saturated heterocycles. The highest BCUT2D eigenvalue weighted by molar-refractivity contribution is 5.91. The van der Waals surface area contributed by atoms with Crippen molar-refractivity contribution in [3.8, 4) is 0 Å². The van der Waals surface area contributed by atoms with Gasteiger partial charge in [0.1, 0.15) is 0 Å². The monoisotopic (exact) mass is 189 g/mol. The highest BCUT2D eigenvalue weighted by Crippen LogP contribution is 2.30. The van der Waals surface area contributed by atoms with Crippen LogP contribution in [0.2, 0.25) is 0 Å². The average molecular weight is 189 g/mol. The second-order valence-corrected chi connectivity index (χ2v) is 3.80. The van der Waals surface area contributed by atoms with Gasteiger partial charge in [0.15, 0.2) is 0 Å². The molecule has 1 aromatic rings. The Kier molecular flexibility index (Phi) is 2.82. The standard InChI is InChI=1S/C12H15NO/c14-13-12-9-5-4-8-11(12)10-6-2-1-3-7-10/h1-3,6-7,11,14H,4-5,8-9H2/b13-12+/t11-/m1/s1. The Hall–Kier alpha value is -1.31. The molecule has 1 aromatic carbocycles. The zero-order valence-electron chi connectivity index (χ0n) is 8.19. The second kappa shape index (κ2) is 4.27. The van der Waals surface area contributed by atoms with Crippen LogP contribution in [0.15, 0.2) is 35.5 Å². The highest BCUT2D eigenvalue weighted by atomic mass is 16.4. The molecule has 0 aromatic heterocycles. The summed E-state index contributed by atoms with van der Waals surface area (Å²) >= 11 is 0. The summed E-state index contributed by atoms with van der Waals surface area (Å²) in [4.78, 5) is 0. The average Bonchev–Trinajstić information content (AvgIpc) is 2.30. The Labute approximate surface area is 84.3 Å². The maximum absolute atomic E-state index is 8.91. The minimum absolute atomic E-state index is 0.343. The molecule has 0 unspecified atom stereocenters. The van der Waals surface area contributed by atoms with E-state index in [2.05, 4.69) is 17.3 Å². The van der Waals surface area contributed by atoms with Gasteiger partial charge in [0.2, 0.25) is 0 Å². The first-order valence-corrected chi connectivity index (χ1v) is 5.17. The Morgan fingerprint density at radius 3 is 2.64 bits per heavy atom. The molecule has 0 amide bonds. The van der Waals surface area contributed by atoms with Crippen molar-refractivity contribution in [3.63, 3.8) is 0 Å². The smallest absolute Gasteiger partial charge is 0.0645 e. The Morgan fingerprint density at radius 1 is 1.14 bits per heavy atom. The van der Waals surface area contributed by atoms with E-state index in [9.17, 15) is 0 Å². The molecule has 14 heavy (non-hydrogen) atoms. The lowest BCUT2D eigenvalue weighted by Crippen LogP contribution is -2.17. The summed E-state index contributed by atoms with van der Waals surface area (Å²) in [5, 5.41) is 12.3. The van der Waals surface area contributed by atoms with Crippen molar-refractivity contribution in [2.45, 2.75) is 31.6 Å². The van der Waals surface area contributed by atoms with Gasteiger partial charge in [-0.1, -0.05) is 41.9 Å². The van der Waals surface area contributed by atoms with Crippen molar-refractivity contribution >= 4 is 5.71 Å². The van der Waals surface area contributed by atoms with Gasteiger partial charge in [0, 0.05) is 5.92 Å². The molecule has 1 saturated carbocycles. The SMILES string of the molecule is O/N=C1\CCCC[C@@H]1c1ccccc1. The van der Waals surface area contributed by atoms with E-state index in [4.69, 9.17) is 5.21 Å². The van der Waals surface area contributed by atoms with Gasteiger partial charge >= 0.3 is 0 Å². The molecule has 0 radical (unpaired) electrons. The number of benzene rings is 1. The predicted octanol–water partition coefficient (Wildman–Crippen LogP) is 3.17. The van der Waals surface area contributed by atoms with Gasteiger partial charge < -0.3 is 5.21 Å². The lowest BCUT2D eigenvalue weighted by molar-refractivity contribution is 0.312. The highest BCUT2D eigenvalue weighted by Gasteiger charge is 2.22. The number of oxime groups is 1. The van der Waals surface area contributed by atoms with Crippen molar-refractivity contribution in [2.75, 3.05) is 0 Å². The Balaban J connectivity index is 2.24. The summed E-state index contributed by atoms with van der Waals surface area (Å²) in [5.74, 6) is 0.343. The molecule has 2 nitrogen and oxygen atoms in total. The molecule has 1 fully saturated rings. The van der Waals surface area contributed by atoms with Gasteiger partial charge in [0.05, 0.1) is 5.71 Å². The van der Waals surface area contributed by atoms with Gasteiger partial charge in [-0.15, -0.1) is 0 Å². The fourth-order valence-corrected chi connectivity index (χ4v) is 2.16. The van der Waals surface area contributed by atoms with Crippen molar-refractivity contribution in [2.24, 2.45) is 5.16 Å². The topological polar surface area (TPSA) is 32.6 Å². The minimum Gasteiger partial charge on any atom is -0.411 e. The number of rotatable bonds is 1. The van der Waals surface area contributed by atoms with Gasteiger partial charge in [-0.2, -0.15) is 0 Å². The van der Waals surface area contributed by atoms with Crippen molar-refractivity contribution in [1.82, 2.24) is 0 Å². The molecule has 0 heterocycles. The molecule has 1 N–H and O–H groups in total. The van der Waals surface area contributed by atoms with Crippen LogP contribution in [-0.4, -0.2) is 10.9 Å². The van der Waals surface area contributed by atoms with Crippen LogP contribution in [0.1, 0.15) is 37.2 Å². The zero-order valence-corrected chi connectivity index (χ0v) is 8.19. The normalized spacial score (nSPS) is 25.1. The summed E-state index contributed by atoms with van der Waals surface area (Å²) in [6, 6.07) is 10.3. The largest absolute Gasteiger partial charge is 0.411 e. The summed E-state index contributed by atoms with van der Waals surface area (Å²) in [7, 11) is 0. The van der Waals surface area contributed by atoms with E-state index >= 15 is 0 Å². The molecular weight excluding hydrogens is 174 g/mol. The molecule has 2 heteroatoms. The Morgan fingerprint density at radius 2 is 1.93 bits per heavy atom. The molecule has 1 atom stereocenters. The van der Waals surface area contributed by atoms with E-state index in [1.807, 2.05) is 18.2 Å². The number of hydrogen-bond donors (Lipinski definition) is 1. The van der Waals surface area contributed by atoms with Crippen LogP contribution < -0.4 is 0 Å². The lowest BCUT2D eigenvalue weighted by atomic mass is 9.82. The van der Waals surface area contributed by atoms with E-state index in [0.717, 1.165) is 25.0 Å². The molecule has 0 spiro atoms. The van der Waals surface area contributed by atoms with E-state index < -0.39 is 0 Å². The fourth-order valence-electron chi connectivity index (χ4n) is 2.16. The van der Waals surface area contributed by atoms with Crippen LogP contribution in [0, 0.1) is 0 Å². The van der Waals surface area contributed by atoms with Crippen LogP contribution in [0.5, 0.6) is 0 Å². The molecular formula is C12H15NO. The van der Waals surface area contributed by atoms with Crippen molar-refractivity contribution < 1.29 is 5.21 Å². The molecule has 2 rings (SSSR count). The zero-order chi connectivity index (χ0) is 9.80. The maximum atomic E-state index is 8.91. The van der Waals surface area contributed by atoms with E-state index in [-0.39, 0.29) is 0 Å². The summed E-state index contributed by atoms with van der Waals surface area (Å²) in [6.07, 6.45) is 4.45. The number of hydrogen-bond acceptors (Lipinski definition) is 2. The summed E-state index contributed by atoms with van der Waals surface area (Å²) in [6.45, 7) is 0. The minimum atomic E-state index is 0.343. The van der Waals surface area contributed by atoms with Crippen LogP contribution in [-0.2, 0) is 0 Å². The van der Waals surface area contributed by atoms with Crippen LogP contribution >= 0.6 is 0 Å². The van der Waals surface area contributed by atoms with Gasteiger partial charge in [-0.25, -0.2) is 0 Å². The van der Waals surface area contributed by atoms with Crippen LogP contribution in [0.4, 0.5) is 0 Å².